The fourth-order valence-corrected chi connectivity index (χ4v) is 1.58. The maximum Gasteiger partial charge on any atom is 0.123 e. The highest BCUT2D eigenvalue weighted by atomic mass is 19.1. The van der Waals surface area contributed by atoms with E-state index in [2.05, 4.69) is 6.58 Å². The van der Waals surface area contributed by atoms with Gasteiger partial charge in [-0.3, -0.25) is 0 Å². The van der Waals surface area contributed by atoms with Gasteiger partial charge in [-0.25, -0.2) is 4.39 Å². The summed E-state index contributed by atoms with van der Waals surface area (Å²) >= 11 is 0. The van der Waals surface area contributed by atoms with Crippen LogP contribution < -0.4 is 5.73 Å². The molecule has 0 aliphatic rings. The first-order valence-electron chi connectivity index (χ1n) is 4.98. The third-order valence-electron chi connectivity index (χ3n) is 2.48. The number of benzene rings is 2. The molecule has 16 heavy (non-hydrogen) atoms. The normalized spacial score (nSPS) is 10.1. The Labute approximate surface area is 94.0 Å². The standard InChI is InChI=1S/C14H12FN/c1-10(11-6-8-12(15)9-7-11)13-4-2-3-5-14(13)16/h2-9H,1,16H2. The molecule has 0 spiro atoms. The Morgan fingerprint density at radius 1 is 1.00 bits per heavy atom. The van der Waals surface area contributed by atoms with Gasteiger partial charge in [-0.05, 0) is 29.3 Å². The lowest BCUT2D eigenvalue weighted by Crippen LogP contribution is -1.93. The molecule has 2 heteroatoms. The molecule has 80 valence electrons. The number of hydrogen-bond acceptors (Lipinski definition) is 1. The molecule has 0 aliphatic carbocycles. The van der Waals surface area contributed by atoms with Gasteiger partial charge in [-0.1, -0.05) is 36.9 Å². The average Bonchev–Trinajstić information content (AvgIpc) is 2.30. The first-order valence-corrected chi connectivity index (χ1v) is 4.98. The molecule has 0 bridgehead atoms. The SMILES string of the molecule is C=C(c1ccc(F)cc1)c1ccccc1N. The molecule has 1 nitrogen and oxygen atoms in total. The van der Waals surface area contributed by atoms with E-state index >= 15 is 0 Å². The summed E-state index contributed by atoms with van der Waals surface area (Å²) in [6.07, 6.45) is 0. The number of anilines is 1. The molecule has 2 rings (SSSR count). The van der Waals surface area contributed by atoms with E-state index in [1.54, 1.807) is 12.1 Å². The van der Waals surface area contributed by atoms with Gasteiger partial charge in [0.1, 0.15) is 5.82 Å². The second kappa shape index (κ2) is 4.19. The van der Waals surface area contributed by atoms with Crippen molar-refractivity contribution in [3.8, 4) is 0 Å². The predicted octanol–water partition coefficient (Wildman–Crippen LogP) is 3.47. The van der Waals surface area contributed by atoms with Gasteiger partial charge in [0, 0.05) is 11.3 Å². The zero-order valence-corrected chi connectivity index (χ0v) is 8.78. The minimum Gasteiger partial charge on any atom is -0.398 e. The van der Waals surface area contributed by atoms with Crippen molar-refractivity contribution in [1.29, 1.82) is 0 Å². The van der Waals surface area contributed by atoms with Crippen molar-refractivity contribution in [3.05, 3.63) is 72.1 Å². The van der Waals surface area contributed by atoms with Gasteiger partial charge in [0.05, 0.1) is 0 Å². The molecule has 0 aliphatic heterocycles. The van der Waals surface area contributed by atoms with Crippen LogP contribution in [0.3, 0.4) is 0 Å². The van der Waals surface area contributed by atoms with E-state index in [1.165, 1.54) is 12.1 Å². The third kappa shape index (κ3) is 1.96. The summed E-state index contributed by atoms with van der Waals surface area (Å²) in [5, 5.41) is 0. The zero-order valence-electron chi connectivity index (χ0n) is 8.78. The Kier molecular flexibility index (Phi) is 2.73. The van der Waals surface area contributed by atoms with Crippen molar-refractivity contribution in [2.45, 2.75) is 0 Å². The van der Waals surface area contributed by atoms with E-state index in [9.17, 15) is 4.39 Å². The molecule has 2 aromatic carbocycles. The first-order chi connectivity index (χ1) is 7.68. The number of hydrogen-bond donors (Lipinski definition) is 1. The molecule has 0 amide bonds. The van der Waals surface area contributed by atoms with E-state index in [0.717, 1.165) is 16.7 Å². The van der Waals surface area contributed by atoms with E-state index in [1.807, 2.05) is 24.3 Å². The van der Waals surface area contributed by atoms with Crippen molar-refractivity contribution in [2.75, 3.05) is 5.73 Å². The van der Waals surface area contributed by atoms with E-state index in [4.69, 9.17) is 5.73 Å². The summed E-state index contributed by atoms with van der Waals surface area (Å²) in [7, 11) is 0. The Bertz CT molecular complexity index is 515. The van der Waals surface area contributed by atoms with Gasteiger partial charge in [0.25, 0.3) is 0 Å². The molecule has 0 radical (unpaired) electrons. The van der Waals surface area contributed by atoms with Crippen LogP contribution in [0.4, 0.5) is 10.1 Å². The average molecular weight is 213 g/mol. The lowest BCUT2D eigenvalue weighted by atomic mass is 9.98. The van der Waals surface area contributed by atoms with Crippen molar-refractivity contribution in [2.24, 2.45) is 0 Å². The fourth-order valence-electron chi connectivity index (χ4n) is 1.58. The molecule has 0 saturated carbocycles. The van der Waals surface area contributed by atoms with Gasteiger partial charge in [-0.2, -0.15) is 0 Å². The molecular formula is C14H12FN. The van der Waals surface area contributed by atoms with Crippen LogP contribution in [0.1, 0.15) is 11.1 Å². The van der Waals surface area contributed by atoms with Crippen LogP contribution in [-0.2, 0) is 0 Å². The number of rotatable bonds is 2. The van der Waals surface area contributed by atoms with Crippen LogP contribution in [0.2, 0.25) is 0 Å². The lowest BCUT2D eigenvalue weighted by Gasteiger charge is -2.08. The van der Waals surface area contributed by atoms with Gasteiger partial charge in [0.15, 0.2) is 0 Å². The highest BCUT2D eigenvalue weighted by Gasteiger charge is 2.05. The van der Waals surface area contributed by atoms with E-state index in [-0.39, 0.29) is 5.82 Å². The smallest absolute Gasteiger partial charge is 0.123 e. The van der Waals surface area contributed by atoms with Crippen LogP contribution >= 0.6 is 0 Å². The summed E-state index contributed by atoms with van der Waals surface area (Å²) in [6, 6.07) is 13.7. The minimum atomic E-state index is -0.252. The highest BCUT2D eigenvalue weighted by Crippen LogP contribution is 2.25. The van der Waals surface area contributed by atoms with Crippen LogP contribution in [0.15, 0.2) is 55.1 Å². The van der Waals surface area contributed by atoms with Crippen molar-refractivity contribution < 1.29 is 4.39 Å². The summed E-state index contributed by atoms with van der Waals surface area (Å²) in [4.78, 5) is 0. The molecule has 0 saturated heterocycles. The minimum absolute atomic E-state index is 0.252. The van der Waals surface area contributed by atoms with Crippen LogP contribution in [0.5, 0.6) is 0 Å². The second-order valence-electron chi connectivity index (χ2n) is 3.57. The number of nitrogen functional groups attached to an aromatic ring is 1. The van der Waals surface area contributed by atoms with Crippen LogP contribution in [0, 0.1) is 5.82 Å². The van der Waals surface area contributed by atoms with Crippen LogP contribution in [-0.4, -0.2) is 0 Å². The number of para-hydroxylation sites is 1. The molecule has 2 N–H and O–H groups in total. The summed E-state index contributed by atoms with van der Waals surface area (Å²) < 4.78 is 12.8. The molecular weight excluding hydrogens is 201 g/mol. The van der Waals surface area contributed by atoms with Crippen molar-refractivity contribution in [1.82, 2.24) is 0 Å². The highest BCUT2D eigenvalue weighted by molar-refractivity contribution is 5.83. The topological polar surface area (TPSA) is 26.0 Å². The van der Waals surface area contributed by atoms with E-state index in [0.29, 0.717) is 5.69 Å². The Balaban J connectivity index is 2.40. The number of halogens is 1. The molecule has 0 heterocycles. The number of nitrogens with two attached hydrogens (primary N) is 1. The first kappa shape index (κ1) is 10.4. The molecule has 0 fully saturated rings. The Hall–Kier alpha value is -2.09. The maximum atomic E-state index is 12.8. The maximum absolute atomic E-state index is 12.8. The largest absolute Gasteiger partial charge is 0.398 e. The summed E-state index contributed by atoms with van der Waals surface area (Å²) in [5.74, 6) is -0.252. The monoisotopic (exact) mass is 213 g/mol. The van der Waals surface area contributed by atoms with Gasteiger partial charge >= 0.3 is 0 Å². The van der Waals surface area contributed by atoms with Gasteiger partial charge < -0.3 is 5.73 Å². The summed E-state index contributed by atoms with van der Waals surface area (Å²) in [6.45, 7) is 3.98. The Morgan fingerprint density at radius 2 is 1.62 bits per heavy atom. The van der Waals surface area contributed by atoms with Crippen LogP contribution in [0.25, 0.3) is 5.57 Å². The van der Waals surface area contributed by atoms with E-state index < -0.39 is 0 Å². The second-order valence-corrected chi connectivity index (χ2v) is 3.57. The third-order valence-corrected chi connectivity index (χ3v) is 2.48. The molecule has 0 aromatic heterocycles. The van der Waals surface area contributed by atoms with Crippen molar-refractivity contribution >= 4 is 11.3 Å². The fraction of sp³-hybridized carbons (Fsp3) is 0. The van der Waals surface area contributed by atoms with Crippen molar-refractivity contribution in [3.63, 3.8) is 0 Å². The van der Waals surface area contributed by atoms with Gasteiger partial charge in [0.2, 0.25) is 0 Å². The van der Waals surface area contributed by atoms with Gasteiger partial charge in [-0.15, -0.1) is 0 Å². The lowest BCUT2D eigenvalue weighted by molar-refractivity contribution is 0.627. The quantitative estimate of drug-likeness (QED) is 0.759. The predicted molar refractivity (Wildman–Crippen MR) is 65.4 cm³/mol. The molecule has 0 unspecified atom stereocenters. The molecule has 0 atom stereocenters. The summed E-state index contributed by atoms with van der Waals surface area (Å²) in [5.41, 5.74) is 9.09. The Morgan fingerprint density at radius 3 is 2.25 bits per heavy atom. The zero-order chi connectivity index (χ0) is 11.5. The molecule has 2 aromatic rings.